The van der Waals surface area contributed by atoms with Crippen LogP contribution in [0.3, 0.4) is 0 Å². The summed E-state index contributed by atoms with van der Waals surface area (Å²) in [5.74, 6) is -0.251. The number of anilines is 1. The predicted molar refractivity (Wildman–Crippen MR) is 80.0 cm³/mol. The highest BCUT2D eigenvalue weighted by Crippen LogP contribution is 2.20. The molecule has 1 aromatic heterocycles. The van der Waals surface area contributed by atoms with Crippen molar-refractivity contribution in [3.63, 3.8) is 0 Å². The van der Waals surface area contributed by atoms with E-state index in [0.717, 1.165) is 29.2 Å². The molecule has 2 rings (SSSR count). The molecule has 1 heterocycles. The van der Waals surface area contributed by atoms with E-state index in [1.54, 1.807) is 6.07 Å². The van der Waals surface area contributed by atoms with Crippen molar-refractivity contribution in [2.45, 2.75) is 26.9 Å². The Morgan fingerprint density at radius 3 is 2.70 bits per heavy atom. The number of nitrogens with zero attached hydrogens (tertiary/aromatic N) is 2. The van der Waals surface area contributed by atoms with Gasteiger partial charge in [-0.15, -0.1) is 0 Å². The molecule has 0 saturated heterocycles. The molecular formula is C16H20FN3. The third kappa shape index (κ3) is 3.54. The fraction of sp³-hybridized carbons (Fsp3) is 0.312. The molecule has 0 unspecified atom stereocenters. The van der Waals surface area contributed by atoms with E-state index in [1.807, 2.05) is 38.1 Å². The van der Waals surface area contributed by atoms with E-state index in [9.17, 15) is 4.39 Å². The molecule has 1 aromatic carbocycles. The van der Waals surface area contributed by atoms with Crippen LogP contribution < -0.4 is 10.6 Å². The fourth-order valence-corrected chi connectivity index (χ4v) is 2.20. The minimum Gasteiger partial charge on any atom is -0.366 e. The number of hydrogen-bond donors (Lipinski definition) is 1. The van der Waals surface area contributed by atoms with Gasteiger partial charge < -0.3 is 10.6 Å². The first-order valence-electron chi connectivity index (χ1n) is 6.79. The van der Waals surface area contributed by atoms with E-state index in [-0.39, 0.29) is 5.82 Å². The maximum Gasteiger partial charge on any atom is 0.125 e. The van der Waals surface area contributed by atoms with E-state index >= 15 is 0 Å². The van der Waals surface area contributed by atoms with Gasteiger partial charge in [-0.25, -0.2) is 4.39 Å². The molecule has 0 spiro atoms. The predicted octanol–water partition coefficient (Wildman–Crippen LogP) is 3.01. The molecule has 106 valence electrons. The summed E-state index contributed by atoms with van der Waals surface area (Å²) >= 11 is 0. The van der Waals surface area contributed by atoms with Crippen molar-refractivity contribution in [1.82, 2.24) is 4.98 Å². The number of rotatable bonds is 5. The smallest absolute Gasteiger partial charge is 0.125 e. The summed E-state index contributed by atoms with van der Waals surface area (Å²) in [5, 5.41) is 0. The number of aromatic nitrogens is 1. The second-order valence-electron chi connectivity index (χ2n) is 4.81. The summed E-state index contributed by atoms with van der Waals surface area (Å²) in [4.78, 5) is 6.58. The third-order valence-corrected chi connectivity index (χ3v) is 3.22. The van der Waals surface area contributed by atoms with E-state index < -0.39 is 0 Å². The maximum absolute atomic E-state index is 13.6. The summed E-state index contributed by atoms with van der Waals surface area (Å²) in [5.41, 5.74) is 9.21. The topological polar surface area (TPSA) is 42.2 Å². The molecule has 2 N–H and O–H groups in total. The Bertz CT molecular complexity index is 584. The first-order valence-corrected chi connectivity index (χ1v) is 6.79. The van der Waals surface area contributed by atoms with Gasteiger partial charge in [0.15, 0.2) is 0 Å². The van der Waals surface area contributed by atoms with Gasteiger partial charge in [-0.05, 0) is 49.7 Å². The number of halogens is 1. The fourth-order valence-electron chi connectivity index (χ4n) is 2.20. The number of hydrogen-bond acceptors (Lipinski definition) is 3. The third-order valence-electron chi connectivity index (χ3n) is 3.22. The van der Waals surface area contributed by atoms with Gasteiger partial charge in [0.25, 0.3) is 0 Å². The van der Waals surface area contributed by atoms with Gasteiger partial charge in [0.1, 0.15) is 5.82 Å². The zero-order valence-electron chi connectivity index (χ0n) is 11.9. The molecule has 0 atom stereocenters. The number of benzene rings is 1. The van der Waals surface area contributed by atoms with Crippen LogP contribution in [-0.4, -0.2) is 11.5 Å². The second kappa shape index (κ2) is 6.48. The van der Waals surface area contributed by atoms with Crippen molar-refractivity contribution in [2.75, 3.05) is 11.4 Å². The molecule has 4 heteroatoms. The molecule has 0 radical (unpaired) electrons. The highest BCUT2D eigenvalue weighted by atomic mass is 19.1. The zero-order chi connectivity index (χ0) is 14.5. The number of aryl methyl sites for hydroxylation is 1. The first-order chi connectivity index (χ1) is 9.62. The summed E-state index contributed by atoms with van der Waals surface area (Å²) < 4.78 is 13.6. The van der Waals surface area contributed by atoms with Crippen molar-refractivity contribution in [2.24, 2.45) is 5.73 Å². The van der Waals surface area contributed by atoms with E-state index in [0.29, 0.717) is 13.1 Å². The molecular weight excluding hydrogens is 253 g/mol. The van der Waals surface area contributed by atoms with Crippen molar-refractivity contribution < 1.29 is 4.39 Å². The molecule has 0 aliphatic heterocycles. The first kappa shape index (κ1) is 14.5. The summed E-state index contributed by atoms with van der Waals surface area (Å²) in [6.07, 6.45) is 0. The highest BCUT2D eigenvalue weighted by molar-refractivity contribution is 5.49. The SMILES string of the molecule is CCN(Cc1cccc(C)n1)c1cc(F)cc(CN)c1. The molecule has 0 aliphatic rings. The Hall–Kier alpha value is -1.94. The minimum absolute atomic E-state index is 0.251. The molecule has 0 fully saturated rings. The summed E-state index contributed by atoms with van der Waals surface area (Å²) in [6.45, 7) is 5.79. The van der Waals surface area contributed by atoms with Gasteiger partial charge in [0, 0.05) is 24.5 Å². The van der Waals surface area contributed by atoms with Gasteiger partial charge >= 0.3 is 0 Å². The van der Waals surface area contributed by atoms with Gasteiger partial charge in [-0.2, -0.15) is 0 Å². The normalized spacial score (nSPS) is 10.6. The Morgan fingerprint density at radius 1 is 1.25 bits per heavy atom. The van der Waals surface area contributed by atoms with Crippen molar-refractivity contribution >= 4 is 5.69 Å². The van der Waals surface area contributed by atoms with E-state index in [1.165, 1.54) is 6.07 Å². The lowest BCUT2D eigenvalue weighted by Crippen LogP contribution is -2.23. The molecule has 2 aromatic rings. The van der Waals surface area contributed by atoms with E-state index in [2.05, 4.69) is 9.88 Å². The molecule has 0 amide bonds. The Morgan fingerprint density at radius 2 is 2.05 bits per heavy atom. The van der Waals surface area contributed by atoms with Crippen LogP contribution in [0.5, 0.6) is 0 Å². The molecule has 0 bridgehead atoms. The van der Waals surface area contributed by atoms with Crippen LogP contribution in [0.1, 0.15) is 23.9 Å². The summed E-state index contributed by atoms with van der Waals surface area (Å²) in [6, 6.07) is 10.9. The summed E-state index contributed by atoms with van der Waals surface area (Å²) in [7, 11) is 0. The Kier molecular flexibility index (Phi) is 4.69. The van der Waals surface area contributed by atoms with Crippen LogP contribution in [0.15, 0.2) is 36.4 Å². The van der Waals surface area contributed by atoms with E-state index in [4.69, 9.17) is 5.73 Å². The van der Waals surface area contributed by atoms with Gasteiger partial charge in [0.05, 0.1) is 12.2 Å². The van der Waals surface area contributed by atoms with Crippen molar-refractivity contribution in [3.8, 4) is 0 Å². The molecule has 0 aliphatic carbocycles. The lowest BCUT2D eigenvalue weighted by atomic mass is 10.1. The molecule has 3 nitrogen and oxygen atoms in total. The average molecular weight is 273 g/mol. The van der Waals surface area contributed by atoms with Crippen LogP contribution in [-0.2, 0) is 13.1 Å². The van der Waals surface area contributed by atoms with Crippen LogP contribution in [0, 0.1) is 12.7 Å². The van der Waals surface area contributed by atoms with Gasteiger partial charge in [-0.3, -0.25) is 4.98 Å². The molecule has 0 saturated carbocycles. The standard InChI is InChI=1S/C16H20FN3/c1-3-20(11-15-6-4-5-12(2)19-15)16-8-13(10-18)7-14(17)9-16/h4-9H,3,10-11,18H2,1-2H3. The van der Waals surface area contributed by atoms with Crippen LogP contribution >= 0.6 is 0 Å². The quantitative estimate of drug-likeness (QED) is 0.910. The monoisotopic (exact) mass is 273 g/mol. The number of nitrogens with two attached hydrogens (primary N) is 1. The van der Waals surface area contributed by atoms with Gasteiger partial charge in [-0.1, -0.05) is 6.07 Å². The number of pyridine rings is 1. The largest absolute Gasteiger partial charge is 0.366 e. The maximum atomic E-state index is 13.6. The second-order valence-corrected chi connectivity index (χ2v) is 4.81. The zero-order valence-corrected chi connectivity index (χ0v) is 11.9. The lowest BCUT2D eigenvalue weighted by molar-refractivity contribution is 0.624. The van der Waals surface area contributed by atoms with Crippen LogP contribution in [0.25, 0.3) is 0 Å². The van der Waals surface area contributed by atoms with Crippen LogP contribution in [0.2, 0.25) is 0 Å². The minimum atomic E-state index is -0.251. The van der Waals surface area contributed by atoms with Crippen LogP contribution in [0.4, 0.5) is 10.1 Å². The van der Waals surface area contributed by atoms with Gasteiger partial charge in [0.2, 0.25) is 0 Å². The average Bonchev–Trinajstić information content (AvgIpc) is 2.44. The lowest BCUT2D eigenvalue weighted by Gasteiger charge is -2.23. The molecule has 20 heavy (non-hydrogen) atoms. The van der Waals surface area contributed by atoms with Crippen molar-refractivity contribution in [1.29, 1.82) is 0 Å². The highest BCUT2D eigenvalue weighted by Gasteiger charge is 2.09. The Balaban J connectivity index is 2.26. The van der Waals surface area contributed by atoms with Crippen molar-refractivity contribution in [3.05, 3.63) is 59.2 Å². The Labute approximate surface area is 119 Å².